The topological polar surface area (TPSA) is 91.2 Å². The molecule has 0 saturated carbocycles. The Morgan fingerprint density at radius 2 is 2.13 bits per heavy atom. The van der Waals surface area contributed by atoms with E-state index in [1.54, 1.807) is 13.1 Å². The van der Waals surface area contributed by atoms with Crippen molar-refractivity contribution in [1.82, 2.24) is 19.4 Å². The van der Waals surface area contributed by atoms with Gasteiger partial charge in [0, 0.05) is 56.2 Å². The fraction of sp³-hybridized carbons (Fsp3) is 0.300. The molecule has 1 saturated heterocycles. The summed E-state index contributed by atoms with van der Waals surface area (Å²) in [6, 6.07) is 9.55. The third-order valence-corrected chi connectivity index (χ3v) is 5.95. The Labute approximate surface area is 183 Å². The van der Waals surface area contributed by atoms with Crippen molar-refractivity contribution in [3.63, 3.8) is 0 Å². The van der Waals surface area contributed by atoms with Crippen molar-refractivity contribution in [2.75, 3.05) is 36.8 Å². The summed E-state index contributed by atoms with van der Waals surface area (Å²) in [4.78, 5) is 24.9. The molecular formula is C20H19ClN6O2S. The number of nitrogens with zero attached hydrogens (tertiary/aromatic N) is 6. The number of aryl methyl sites for hydroxylation is 1. The lowest BCUT2D eigenvalue weighted by Crippen LogP contribution is -2.49. The fourth-order valence-corrected chi connectivity index (χ4v) is 4.36. The Kier molecular flexibility index (Phi) is 5.97. The Balaban J connectivity index is 1.34. The number of piperazine rings is 1. The average molecular weight is 443 g/mol. The molecule has 0 N–H and O–H groups in total. The van der Waals surface area contributed by atoms with Crippen LogP contribution >= 0.6 is 23.4 Å². The largest absolute Gasteiger partial charge is 0.424 e. The normalized spacial score (nSPS) is 14.0. The molecule has 0 radical (unpaired) electrons. The molecule has 0 spiro atoms. The van der Waals surface area contributed by atoms with Crippen molar-refractivity contribution in [2.45, 2.75) is 12.1 Å². The quantitative estimate of drug-likeness (QED) is 0.560. The van der Waals surface area contributed by atoms with Crippen LogP contribution in [0.5, 0.6) is 0 Å². The van der Waals surface area contributed by atoms with Gasteiger partial charge in [-0.25, -0.2) is 9.97 Å². The second kappa shape index (κ2) is 8.81. The molecule has 1 fully saturated rings. The number of nitriles is 1. The maximum absolute atomic E-state index is 12.7. The number of carbonyl (C=O) groups is 1. The summed E-state index contributed by atoms with van der Waals surface area (Å²) < 4.78 is 7.48. The van der Waals surface area contributed by atoms with Gasteiger partial charge >= 0.3 is 0 Å². The van der Waals surface area contributed by atoms with E-state index in [0.717, 1.165) is 10.8 Å². The predicted molar refractivity (Wildman–Crippen MR) is 114 cm³/mol. The lowest BCUT2D eigenvalue weighted by atomic mass is 10.3. The zero-order valence-corrected chi connectivity index (χ0v) is 17.9. The number of rotatable bonds is 5. The number of anilines is 1. The Morgan fingerprint density at radius 3 is 2.87 bits per heavy atom. The molecule has 1 aliphatic heterocycles. The predicted octanol–water partition coefficient (Wildman–Crippen LogP) is 3.13. The minimum atomic E-state index is 0.0505. The highest BCUT2D eigenvalue weighted by Crippen LogP contribution is 2.25. The van der Waals surface area contributed by atoms with Crippen molar-refractivity contribution >= 4 is 35.2 Å². The zero-order valence-electron chi connectivity index (χ0n) is 16.3. The lowest BCUT2D eigenvalue weighted by molar-refractivity contribution is -0.128. The van der Waals surface area contributed by atoms with Crippen LogP contribution in [0.15, 0.2) is 46.2 Å². The number of aromatic nitrogens is 3. The molecule has 2 aromatic heterocycles. The molecule has 3 aromatic rings. The van der Waals surface area contributed by atoms with Gasteiger partial charge in [0.25, 0.3) is 0 Å². The first-order valence-corrected chi connectivity index (χ1v) is 10.7. The number of carbonyl (C=O) groups excluding carboxylic acids is 1. The van der Waals surface area contributed by atoms with E-state index in [0.29, 0.717) is 48.7 Å². The van der Waals surface area contributed by atoms with Gasteiger partial charge in [-0.3, -0.25) is 9.36 Å². The number of imidazole rings is 1. The molecule has 30 heavy (non-hydrogen) atoms. The summed E-state index contributed by atoms with van der Waals surface area (Å²) in [5, 5.41) is 10.6. The Bertz CT molecular complexity index is 1100. The van der Waals surface area contributed by atoms with Crippen LogP contribution in [0.1, 0.15) is 11.6 Å². The zero-order chi connectivity index (χ0) is 21.1. The molecule has 0 aliphatic carbocycles. The number of halogens is 1. The molecule has 4 rings (SSSR count). The van der Waals surface area contributed by atoms with E-state index in [1.807, 2.05) is 44.8 Å². The van der Waals surface area contributed by atoms with Crippen molar-refractivity contribution in [3.05, 3.63) is 53.3 Å². The third kappa shape index (κ3) is 4.30. The first-order valence-electron chi connectivity index (χ1n) is 9.37. The maximum atomic E-state index is 12.7. The molecule has 0 unspecified atom stereocenters. The minimum Gasteiger partial charge on any atom is -0.424 e. The summed E-state index contributed by atoms with van der Waals surface area (Å²) in [5.74, 6) is 1.30. The van der Waals surface area contributed by atoms with Crippen molar-refractivity contribution in [2.24, 2.45) is 0 Å². The van der Waals surface area contributed by atoms with E-state index in [1.165, 1.54) is 11.8 Å². The summed E-state index contributed by atoms with van der Waals surface area (Å²) in [6.07, 6.45) is 3.56. The van der Waals surface area contributed by atoms with Crippen LogP contribution in [-0.2, 0) is 4.79 Å². The monoisotopic (exact) mass is 442 g/mol. The van der Waals surface area contributed by atoms with E-state index in [2.05, 4.69) is 16.0 Å². The molecule has 1 aliphatic rings. The van der Waals surface area contributed by atoms with Gasteiger partial charge in [0.2, 0.25) is 17.5 Å². The summed E-state index contributed by atoms with van der Waals surface area (Å²) in [6.45, 7) is 4.03. The van der Waals surface area contributed by atoms with Gasteiger partial charge in [0.15, 0.2) is 11.0 Å². The summed E-state index contributed by atoms with van der Waals surface area (Å²) in [5.41, 5.74) is 1.19. The van der Waals surface area contributed by atoms with Crippen LogP contribution in [0, 0.1) is 18.3 Å². The van der Waals surface area contributed by atoms with Crippen molar-refractivity contribution in [3.8, 4) is 11.8 Å². The highest BCUT2D eigenvalue weighted by Gasteiger charge is 2.26. The SMILES string of the molecule is Cc1nc(C#N)c(N2CCN(C(=O)CSc3nccn3-c3cccc(Cl)c3)CC2)o1. The van der Waals surface area contributed by atoms with Crippen LogP contribution in [0.2, 0.25) is 5.02 Å². The van der Waals surface area contributed by atoms with E-state index >= 15 is 0 Å². The van der Waals surface area contributed by atoms with Crippen LogP contribution in [0.4, 0.5) is 5.88 Å². The molecule has 0 bridgehead atoms. The first-order chi connectivity index (χ1) is 14.5. The molecule has 8 nitrogen and oxygen atoms in total. The highest BCUT2D eigenvalue weighted by molar-refractivity contribution is 7.99. The second-order valence-corrected chi connectivity index (χ2v) is 8.09. The molecule has 3 heterocycles. The molecule has 1 amide bonds. The van der Waals surface area contributed by atoms with E-state index in [4.69, 9.17) is 16.0 Å². The van der Waals surface area contributed by atoms with Crippen LogP contribution < -0.4 is 4.90 Å². The maximum Gasteiger partial charge on any atom is 0.234 e. The number of benzene rings is 1. The lowest BCUT2D eigenvalue weighted by Gasteiger charge is -2.34. The van der Waals surface area contributed by atoms with Crippen molar-refractivity contribution < 1.29 is 9.21 Å². The number of oxazole rings is 1. The van der Waals surface area contributed by atoms with Crippen LogP contribution in [-0.4, -0.2) is 57.3 Å². The minimum absolute atomic E-state index is 0.0505. The Hall–Kier alpha value is -2.96. The molecule has 154 valence electrons. The average Bonchev–Trinajstić information content (AvgIpc) is 3.38. The van der Waals surface area contributed by atoms with Gasteiger partial charge in [-0.2, -0.15) is 5.26 Å². The molecule has 10 heteroatoms. The van der Waals surface area contributed by atoms with Gasteiger partial charge in [0.1, 0.15) is 6.07 Å². The Morgan fingerprint density at radius 1 is 1.33 bits per heavy atom. The number of thioether (sulfide) groups is 1. The van der Waals surface area contributed by atoms with Gasteiger partial charge in [-0.15, -0.1) is 0 Å². The van der Waals surface area contributed by atoms with Gasteiger partial charge in [-0.1, -0.05) is 29.4 Å². The third-order valence-electron chi connectivity index (χ3n) is 4.76. The molecule has 1 aromatic carbocycles. The first kappa shape index (κ1) is 20.3. The number of hydrogen-bond donors (Lipinski definition) is 0. The number of hydrogen-bond acceptors (Lipinski definition) is 7. The van der Waals surface area contributed by atoms with E-state index < -0.39 is 0 Å². The number of amides is 1. The molecular weight excluding hydrogens is 424 g/mol. The van der Waals surface area contributed by atoms with Crippen molar-refractivity contribution in [1.29, 1.82) is 5.26 Å². The van der Waals surface area contributed by atoms with E-state index in [9.17, 15) is 10.1 Å². The second-order valence-electron chi connectivity index (χ2n) is 6.71. The fourth-order valence-electron chi connectivity index (χ4n) is 3.30. The molecule has 0 atom stereocenters. The summed E-state index contributed by atoms with van der Waals surface area (Å²) >= 11 is 7.48. The highest BCUT2D eigenvalue weighted by atomic mass is 35.5. The van der Waals surface area contributed by atoms with Gasteiger partial charge < -0.3 is 14.2 Å². The van der Waals surface area contributed by atoms with Crippen LogP contribution in [0.25, 0.3) is 5.69 Å². The smallest absolute Gasteiger partial charge is 0.234 e. The van der Waals surface area contributed by atoms with E-state index in [-0.39, 0.29) is 11.6 Å². The van der Waals surface area contributed by atoms with Gasteiger partial charge in [-0.05, 0) is 18.2 Å². The van der Waals surface area contributed by atoms with Crippen LogP contribution in [0.3, 0.4) is 0 Å². The summed E-state index contributed by atoms with van der Waals surface area (Å²) in [7, 11) is 0. The van der Waals surface area contributed by atoms with Gasteiger partial charge in [0.05, 0.1) is 5.75 Å². The standard InChI is InChI=1S/C20H19ClN6O2S/c1-14-24-17(12-22)19(29-14)26-9-7-25(8-10-26)18(28)13-30-20-23-5-6-27(20)16-4-2-3-15(21)11-16/h2-6,11H,7-10,13H2,1H3.